The fourth-order valence-electron chi connectivity index (χ4n) is 2.96. The van der Waals surface area contributed by atoms with Crippen molar-refractivity contribution in [3.63, 3.8) is 0 Å². The summed E-state index contributed by atoms with van der Waals surface area (Å²) in [5.41, 5.74) is -0.0477. The molecule has 2 aliphatic rings. The minimum Gasteiger partial charge on any atom is -0.379 e. The van der Waals surface area contributed by atoms with Crippen molar-refractivity contribution in [1.29, 1.82) is 0 Å². The minimum atomic E-state index is -2.88. The van der Waals surface area contributed by atoms with Crippen molar-refractivity contribution in [2.45, 2.75) is 38.8 Å². The second-order valence-corrected chi connectivity index (χ2v) is 9.08. The fourth-order valence-corrected chi connectivity index (χ4v) is 4.64. The Labute approximate surface area is 162 Å². The smallest absolute Gasteiger partial charge is 0.191 e. The molecule has 142 valence electrons. The van der Waals surface area contributed by atoms with Crippen LogP contribution in [0.3, 0.4) is 0 Å². The second-order valence-electron chi connectivity index (χ2n) is 6.85. The van der Waals surface area contributed by atoms with Crippen LogP contribution in [0.2, 0.25) is 0 Å². The number of hydrogen-bond donors (Lipinski definition) is 2. The van der Waals surface area contributed by atoms with E-state index in [0.29, 0.717) is 18.9 Å². The zero-order chi connectivity index (χ0) is 16.9. The molecule has 2 N–H and O–H groups in total. The van der Waals surface area contributed by atoms with Gasteiger partial charge in [-0.3, -0.25) is 9.89 Å². The number of ether oxygens (including phenoxy) is 1. The summed E-state index contributed by atoms with van der Waals surface area (Å²) >= 11 is 0. The van der Waals surface area contributed by atoms with Crippen LogP contribution in [0.1, 0.15) is 27.2 Å². The molecule has 0 bridgehead atoms. The summed E-state index contributed by atoms with van der Waals surface area (Å²) in [5, 5.41) is 6.48. The molecular formula is C15H31IN4O3S. The molecule has 0 aromatic carbocycles. The van der Waals surface area contributed by atoms with Crippen molar-refractivity contribution in [2.24, 2.45) is 4.99 Å². The minimum absolute atomic E-state index is 0. The van der Waals surface area contributed by atoms with Crippen molar-refractivity contribution >= 4 is 39.8 Å². The van der Waals surface area contributed by atoms with Gasteiger partial charge in [0.1, 0.15) is 0 Å². The van der Waals surface area contributed by atoms with Gasteiger partial charge in [-0.25, -0.2) is 8.42 Å². The van der Waals surface area contributed by atoms with Gasteiger partial charge in [-0.15, -0.1) is 24.0 Å². The lowest BCUT2D eigenvalue weighted by Gasteiger charge is -2.40. The zero-order valence-electron chi connectivity index (χ0n) is 14.9. The molecule has 0 saturated carbocycles. The van der Waals surface area contributed by atoms with Crippen molar-refractivity contribution in [1.82, 2.24) is 15.5 Å². The fraction of sp³-hybridized carbons (Fsp3) is 0.933. The quantitative estimate of drug-likeness (QED) is 0.342. The van der Waals surface area contributed by atoms with E-state index >= 15 is 0 Å². The molecule has 2 aliphatic heterocycles. The van der Waals surface area contributed by atoms with Crippen LogP contribution >= 0.6 is 24.0 Å². The van der Waals surface area contributed by atoms with E-state index < -0.39 is 9.84 Å². The Hall–Kier alpha value is -0.130. The summed E-state index contributed by atoms with van der Waals surface area (Å²) in [5.74, 6) is 1.17. The van der Waals surface area contributed by atoms with Gasteiger partial charge in [0, 0.05) is 31.2 Å². The molecule has 2 heterocycles. The number of nitrogens with one attached hydrogen (secondary N) is 2. The number of guanidine groups is 1. The molecule has 2 rings (SSSR count). The third-order valence-corrected chi connectivity index (χ3v) is 6.18. The van der Waals surface area contributed by atoms with E-state index in [1.54, 1.807) is 0 Å². The highest BCUT2D eigenvalue weighted by Gasteiger charge is 2.30. The van der Waals surface area contributed by atoms with E-state index in [-0.39, 0.29) is 47.1 Å². The first-order valence-electron chi connectivity index (χ1n) is 8.40. The lowest BCUT2D eigenvalue weighted by molar-refractivity contribution is -0.00684. The Bertz CT molecular complexity index is 519. The summed E-state index contributed by atoms with van der Waals surface area (Å²) in [4.78, 5) is 7.08. The Morgan fingerprint density at radius 3 is 2.54 bits per heavy atom. The third-order valence-electron chi connectivity index (χ3n) is 4.41. The molecule has 1 atom stereocenters. The number of nitrogens with zero attached hydrogens (tertiary/aromatic N) is 2. The summed E-state index contributed by atoms with van der Waals surface area (Å²) in [7, 11) is -2.88. The first kappa shape index (κ1) is 21.9. The molecule has 7 nitrogen and oxygen atoms in total. The van der Waals surface area contributed by atoms with Crippen LogP contribution in [0, 0.1) is 0 Å². The van der Waals surface area contributed by atoms with E-state index in [2.05, 4.69) is 34.4 Å². The first-order valence-corrected chi connectivity index (χ1v) is 10.2. The Kier molecular flexibility index (Phi) is 8.71. The van der Waals surface area contributed by atoms with Crippen LogP contribution in [0.25, 0.3) is 0 Å². The predicted octanol–water partition coefficient (Wildman–Crippen LogP) is 0.457. The van der Waals surface area contributed by atoms with Crippen LogP contribution in [-0.2, 0) is 14.6 Å². The van der Waals surface area contributed by atoms with Crippen LogP contribution < -0.4 is 10.6 Å². The van der Waals surface area contributed by atoms with Gasteiger partial charge in [0.05, 0.1) is 31.3 Å². The Balaban J connectivity index is 0.00000288. The number of aliphatic imine (C=N–C) groups is 1. The summed E-state index contributed by atoms with van der Waals surface area (Å²) < 4.78 is 28.6. The van der Waals surface area contributed by atoms with Gasteiger partial charge >= 0.3 is 0 Å². The highest BCUT2D eigenvalue weighted by atomic mass is 127. The molecule has 0 radical (unpaired) electrons. The van der Waals surface area contributed by atoms with Gasteiger partial charge in [-0.05, 0) is 27.2 Å². The number of rotatable bonds is 5. The predicted molar refractivity (Wildman–Crippen MR) is 108 cm³/mol. The first-order chi connectivity index (χ1) is 10.8. The van der Waals surface area contributed by atoms with E-state index in [4.69, 9.17) is 4.74 Å². The Morgan fingerprint density at radius 2 is 2.00 bits per heavy atom. The lowest BCUT2D eigenvalue weighted by Crippen LogP contribution is -2.52. The van der Waals surface area contributed by atoms with E-state index in [1.165, 1.54) is 0 Å². The topological polar surface area (TPSA) is 83.0 Å². The highest BCUT2D eigenvalue weighted by molar-refractivity contribution is 14.0. The second kappa shape index (κ2) is 9.54. The van der Waals surface area contributed by atoms with E-state index in [1.807, 2.05) is 6.92 Å². The Morgan fingerprint density at radius 1 is 1.33 bits per heavy atom. The van der Waals surface area contributed by atoms with Crippen LogP contribution in [0.15, 0.2) is 4.99 Å². The van der Waals surface area contributed by atoms with Crippen LogP contribution in [0.4, 0.5) is 0 Å². The van der Waals surface area contributed by atoms with E-state index in [9.17, 15) is 8.42 Å². The van der Waals surface area contributed by atoms with Crippen molar-refractivity contribution in [3.8, 4) is 0 Å². The van der Waals surface area contributed by atoms with Gasteiger partial charge in [0.15, 0.2) is 15.8 Å². The molecule has 0 aromatic rings. The number of morpholine rings is 1. The van der Waals surface area contributed by atoms with Gasteiger partial charge in [-0.2, -0.15) is 0 Å². The van der Waals surface area contributed by atoms with Crippen LogP contribution in [0.5, 0.6) is 0 Å². The molecule has 1 unspecified atom stereocenters. The molecular weight excluding hydrogens is 443 g/mol. The van der Waals surface area contributed by atoms with Crippen molar-refractivity contribution < 1.29 is 13.2 Å². The highest BCUT2D eigenvalue weighted by Crippen LogP contribution is 2.17. The maximum atomic E-state index is 11.6. The maximum absolute atomic E-state index is 11.6. The summed E-state index contributed by atoms with van der Waals surface area (Å²) in [6.45, 7) is 11.2. The average Bonchev–Trinajstić information content (AvgIpc) is 2.85. The number of hydrogen-bond acceptors (Lipinski definition) is 5. The monoisotopic (exact) mass is 474 g/mol. The van der Waals surface area contributed by atoms with Gasteiger partial charge in [0.2, 0.25) is 0 Å². The molecule has 0 aromatic heterocycles. The van der Waals surface area contributed by atoms with Gasteiger partial charge in [-0.1, -0.05) is 0 Å². The molecule has 0 aliphatic carbocycles. The van der Waals surface area contributed by atoms with Gasteiger partial charge < -0.3 is 15.4 Å². The van der Waals surface area contributed by atoms with Crippen molar-refractivity contribution in [3.05, 3.63) is 0 Å². The number of halogens is 1. The van der Waals surface area contributed by atoms with Gasteiger partial charge in [0.25, 0.3) is 0 Å². The van der Waals surface area contributed by atoms with Crippen molar-refractivity contribution in [2.75, 3.05) is 50.9 Å². The summed E-state index contributed by atoms with van der Waals surface area (Å²) in [6.07, 6.45) is 0.652. The largest absolute Gasteiger partial charge is 0.379 e. The van der Waals surface area contributed by atoms with E-state index in [0.717, 1.165) is 32.8 Å². The molecule has 24 heavy (non-hydrogen) atoms. The molecule has 9 heteroatoms. The lowest BCUT2D eigenvalue weighted by atomic mass is 10.0. The average molecular weight is 474 g/mol. The third kappa shape index (κ3) is 6.64. The molecule has 2 saturated heterocycles. The number of sulfone groups is 1. The normalized spacial score (nSPS) is 25.1. The zero-order valence-corrected chi connectivity index (χ0v) is 18.0. The van der Waals surface area contributed by atoms with Crippen LogP contribution in [-0.4, -0.2) is 81.8 Å². The standard InChI is InChI=1S/C15H30N4O3S.HI/c1-4-16-14(18-13-5-10-23(20,21)11-13)17-12-15(2,3)19-6-8-22-9-7-19;/h13H,4-12H2,1-3H3,(H2,16,17,18);1H. The maximum Gasteiger partial charge on any atom is 0.191 e. The molecule has 0 amide bonds. The SMILES string of the molecule is CCNC(=NCC(C)(C)N1CCOCC1)NC1CCS(=O)(=O)C1.I. The summed E-state index contributed by atoms with van der Waals surface area (Å²) in [6, 6.07) is -0.0377. The molecule has 2 fully saturated rings. The molecule has 0 spiro atoms.